The molecule has 1 aliphatic rings. The molecule has 1 saturated carbocycles. The van der Waals surface area contributed by atoms with Gasteiger partial charge in [-0.1, -0.05) is 19.1 Å². The van der Waals surface area contributed by atoms with Crippen LogP contribution in [0.4, 0.5) is 0 Å². The molecule has 0 aliphatic heterocycles. The van der Waals surface area contributed by atoms with Gasteiger partial charge in [0.05, 0.1) is 11.6 Å². The third-order valence-corrected chi connectivity index (χ3v) is 4.07. The molecule has 0 aromatic carbocycles. The average Bonchev–Trinajstić information content (AvgIpc) is 2.39. The Kier molecular flexibility index (Phi) is 7.31. The van der Waals surface area contributed by atoms with E-state index >= 15 is 0 Å². The zero-order valence-electron chi connectivity index (χ0n) is 12.1. The van der Waals surface area contributed by atoms with Crippen molar-refractivity contribution in [3.8, 4) is 0 Å². The Morgan fingerprint density at radius 2 is 1.95 bits per heavy atom. The zero-order chi connectivity index (χ0) is 14.3. The number of thiocarbonyl (C=S) groups is 1. The highest BCUT2D eigenvalue weighted by Crippen LogP contribution is 2.29. The van der Waals surface area contributed by atoms with Crippen molar-refractivity contribution in [2.24, 2.45) is 17.6 Å². The summed E-state index contributed by atoms with van der Waals surface area (Å²) >= 11 is 4.89. The number of methoxy groups -OCH3 is 1. The lowest BCUT2D eigenvalue weighted by Crippen LogP contribution is -2.41. The smallest absolute Gasteiger partial charge is 0.225 e. The number of rotatable bonds is 7. The highest BCUT2D eigenvalue weighted by molar-refractivity contribution is 7.80. The minimum atomic E-state index is 0.180. The number of ether oxygens (including phenoxy) is 1. The number of nitrogens with two attached hydrogens (primary N) is 1. The Morgan fingerprint density at radius 1 is 1.32 bits per heavy atom. The topological polar surface area (TPSA) is 55.6 Å². The Morgan fingerprint density at radius 3 is 2.47 bits per heavy atom. The van der Waals surface area contributed by atoms with Crippen LogP contribution in [0.1, 0.15) is 39.0 Å². The number of carbonyl (C=O) groups is 1. The molecule has 1 aliphatic carbocycles. The first-order chi connectivity index (χ1) is 9.04. The molecule has 0 radical (unpaired) electrons. The highest BCUT2D eigenvalue weighted by Gasteiger charge is 2.27. The van der Waals surface area contributed by atoms with Crippen LogP contribution in [0, 0.1) is 11.8 Å². The maximum atomic E-state index is 12.5. The number of carbonyl (C=O) groups excluding carboxylic acids is 1. The second kappa shape index (κ2) is 8.48. The average molecular weight is 286 g/mol. The summed E-state index contributed by atoms with van der Waals surface area (Å²) in [4.78, 5) is 14.8. The van der Waals surface area contributed by atoms with Gasteiger partial charge in [-0.3, -0.25) is 4.79 Å². The predicted octanol–water partition coefficient (Wildman–Crippen LogP) is 1.96. The van der Waals surface area contributed by atoms with E-state index in [9.17, 15) is 4.79 Å². The van der Waals surface area contributed by atoms with Gasteiger partial charge in [0.15, 0.2) is 0 Å². The fraction of sp³-hybridized carbons (Fsp3) is 0.857. The number of amides is 1. The largest absolute Gasteiger partial charge is 0.393 e. The molecule has 1 rings (SSSR count). The second-order valence-electron chi connectivity index (χ2n) is 5.49. The van der Waals surface area contributed by atoms with E-state index in [0.29, 0.717) is 31.1 Å². The number of hydrogen-bond donors (Lipinski definition) is 1. The van der Waals surface area contributed by atoms with E-state index in [0.717, 1.165) is 31.6 Å². The van der Waals surface area contributed by atoms with Gasteiger partial charge in [0, 0.05) is 32.5 Å². The lowest BCUT2D eigenvalue weighted by Gasteiger charge is -2.31. The summed E-state index contributed by atoms with van der Waals surface area (Å²) < 4.78 is 5.08. The van der Waals surface area contributed by atoms with Crippen molar-refractivity contribution in [2.75, 3.05) is 26.8 Å². The van der Waals surface area contributed by atoms with E-state index in [4.69, 9.17) is 22.7 Å². The number of hydrogen-bond acceptors (Lipinski definition) is 3. The van der Waals surface area contributed by atoms with Crippen LogP contribution in [0.15, 0.2) is 0 Å². The van der Waals surface area contributed by atoms with Crippen molar-refractivity contribution in [1.82, 2.24) is 4.90 Å². The van der Waals surface area contributed by atoms with E-state index < -0.39 is 0 Å². The van der Waals surface area contributed by atoms with Crippen molar-refractivity contribution < 1.29 is 9.53 Å². The molecular weight excluding hydrogens is 260 g/mol. The van der Waals surface area contributed by atoms with Gasteiger partial charge in [0.1, 0.15) is 0 Å². The second-order valence-corrected chi connectivity index (χ2v) is 6.02. The van der Waals surface area contributed by atoms with E-state index in [1.807, 2.05) is 4.90 Å². The summed E-state index contributed by atoms with van der Waals surface area (Å²) in [6.45, 7) is 4.07. The van der Waals surface area contributed by atoms with Crippen LogP contribution < -0.4 is 5.73 Å². The van der Waals surface area contributed by atoms with Gasteiger partial charge < -0.3 is 15.4 Å². The molecule has 4 nitrogen and oxygen atoms in total. The molecular formula is C14H26N2O2S. The minimum Gasteiger partial charge on any atom is -0.393 e. The van der Waals surface area contributed by atoms with Crippen LogP contribution >= 0.6 is 12.2 Å². The standard InChI is InChI=1S/C14H26N2O2S/c1-11-3-5-12(6-4-11)14(17)16(9-10-18-2)8-7-13(15)19/h11-12H,3-10H2,1-2H3,(H2,15,19). The van der Waals surface area contributed by atoms with Gasteiger partial charge in [0.2, 0.25) is 5.91 Å². The van der Waals surface area contributed by atoms with Gasteiger partial charge in [-0.05, 0) is 31.6 Å². The zero-order valence-corrected chi connectivity index (χ0v) is 12.9. The van der Waals surface area contributed by atoms with Crippen LogP contribution in [0.3, 0.4) is 0 Å². The normalized spacial score (nSPS) is 23.1. The van der Waals surface area contributed by atoms with Gasteiger partial charge >= 0.3 is 0 Å². The summed E-state index contributed by atoms with van der Waals surface area (Å²) in [5, 5.41) is 0. The van der Waals surface area contributed by atoms with E-state index in [1.165, 1.54) is 0 Å². The maximum Gasteiger partial charge on any atom is 0.225 e. The molecule has 0 spiro atoms. The highest BCUT2D eigenvalue weighted by atomic mass is 32.1. The summed E-state index contributed by atoms with van der Waals surface area (Å²) in [5.41, 5.74) is 5.53. The van der Waals surface area contributed by atoms with Gasteiger partial charge in [-0.25, -0.2) is 0 Å². The van der Waals surface area contributed by atoms with Crippen LogP contribution in [0.25, 0.3) is 0 Å². The molecule has 2 N–H and O–H groups in total. The molecule has 0 aromatic rings. The minimum absolute atomic E-state index is 0.180. The maximum absolute atomic E-state index is 12.5. The van der Waals surface area contributed by atoms with Crippen LogP contribution in [0.5, 0.6) is 0 Å². The van der Waals surface area contributed by atoms with Crippen molar-refractivity contribution in [3.05, 3.63) is 0 Å². The van der Waals surface area contributed by atoms with Gasteiger partial charge in [-0.2, -0.15) is 0 Å². The molecule has 1 fully saturated rings. The number of nitrogens with zero attached hydrogens (tertiary/aromatic N) is 1. The monoisotopic (exact) mass is 286 g/mol. The van der Waals surface area contributed by atoms with Crippen molar-refractivity contribution in [3.63, 3.8) is 0 Å². The molecule has 0 aromatic heterocycles. The molecule has 0 saturated heterocycles. The summed E-state index contributed by atoms with van der Waals surface area (Å²) in [5.74, 6) is 1.19. The molecule has 0 unspecified atom stereocenters. The molecule has 0 heterocycles. The van der Waals surface area contributed by atoms with Crippen molar-refractivity contribution >= 4 is 23.1 Å². The first kappa shape index (κ1) is 16.4. The SMILES string of the molecule is COCCN(CCC(N)=S)C(=O)C1CCC(C)CC1. The third-order valence-electron chi connectivity index (χ3n) is 3.87. The first-order valence-electron chi connectivity index (χ1n) is 7.10. The van der Waals surface area contributed by atoms with E-state index in [2.05, 4.69) is 6.92 Å². The van der Waals surface area contributed by atoms with E-state index in [1.54, 1.807) is 7.11 Å². The Labute approximate surface area is 121 Å². The van der Waals surface area contributed by atoms with Crippen LogP contribution in [-0.2, 0) is 9.53 Å². The van der Waals surface area contributed by atoms with Crippen molar-refractivity contribution in [1.29, 1.82) is 0 Å². The van der Waals surface area contributed by atoms with Crippen LogP contribution in [-0.4, -0.2) is 42.6 Å². The quantitative estimate of drug-likeness (QED) is 0.727. The molecule has 5 heteroatoms. The van der Waals surface area contributed by atoms with E-state index in [-0.39, 0.29) is 11.8 Å². The van der Waals surface area contributed by atoms with Gasteiger partial charge in [-0.15, -0.1) is 0 Å². The summed E-state index contributed by atoms with van der Waals surface area (Å²) in [6.07, 6.45) is 4.93. The Bertz CT molecular complexity index is 302. The predicted molar refractivity (Wildman–Crippen MR) is 81.0 cm³/mol. The molecule has 110 valence electrons. The third kappa shape index (κ3) is 5.87. The lowest BCUT2D eigenvalue weighted by atomic mass is 9.82. The lowest BCUT2D eigenvalue weighted by molar-refractivity contribution is -0.137. The molecule has 0 bridgehead atoms. The Hall–Kier alpha value is -0.680. The molecule has 0 atom stereocenters. The Balaban J connectivity index is 2.51. The fourth-order valence-electron chi connectivity index (χ4n) is 2.54. The fourth-order valence-corrected chi connectivity index (χ4v) is 2.64. The van der Waals surface area contributed by atoms with Crippen molar-refractivity contribution in [2.45, 2.75) is 39.0 Å². The summed E-state index contributed by atoms with van der Waals surface area (Å²) in [7, 11) is 1.65. The van der Waals surface area contributed by atoms with Gasteiger partial charge in [0.25, 0.3) is 0 Å². The van der Waals surface area contributed by atoms with Crippen LogP contribution in [0.2, 0.25) is 0 Å². The molecule has 1 amide bonds. The molecule has 19 heavy (non-hydrogen) atoms. The first-order valence-corrected chi connectivity index (χ1v) is 7.51. The summed E-state index contributed by atoms with van der Waals surface area (Å²) in [6, 6.07) is 0.